The maximum absolute atomic E-state index is 12.5. The Labute approximate surface area is 163 Å². The number of para-hydroxylation sites is 2. The molecular formula is C20H23N5OS. The highest BCUT2D eigenvalue weighted by Gasteiger charge is 2.15. The number of anilines is 1. The fraction of sp³-hybridized carbons (Fsp3) is 0.300. The number of carbonyl (C=O) groups is 1. The fourth-order valence-corrected chi connectivity index (χ4v) is 3.55. The first kappa shape index (κ1) is 19.1. The lowest BCUT2D eigenvalue weighted by atomic mass is 9.98. The maximum atomic E-state index is 12.5. The van der Waals surface area contributed by atoms with Crippen LogP contribution in [0.1, 0.15) is 36.5 Å². The van der Waals surface area contributed by atoms with Crippen molar-refractivity contribution in [2.24, 2.45) is 0 Å². The molecule has 0 aliphatic rings. The summed E-state index contributed by atoms with van der Waals surface area (Å²) in [7, 11) is 0. The molecule has 1 heterocycles. The van der Waals surface area contributed by atoms with Crippen LogP contribution in [-0.2, 0) is 4.79 Å². The Kier molecular flexibility index (Phi) is 5.91. The standard InChI is InChI=1S/C20H23N5OS/c1-13(2)16-10-7-9-15(4)19(16)21-18(26)12-27-20-22-23-24-25(20)17-11-6-5-8-14(17)3/h5-11,13H,12H2,1-4H3,(H,21,26). The molecule has 0 atom stereocenters. The number of tetrazole rings is 1. The SMILES string of the molecule is Cc1ccccc1-n1nnnc1SCC(=O)Nc1c(C)cccc1C(C)C. The number of thioether (sulfide) groups is 1. The van der Waals surface area contributed by atoms with Crippen LogP contribution in [0.15, 0.2) is 47.6 Å². The average molecular weight is 382 g/mol. The number of benzene rings is 2. The number of hydrogen-bond donors (Lipinski definition) is 1. The van der Waals surface area contributed by atoms with Crippen LogP contribution >= 0.6 is 11.8 Å². The van der Waals surface area contributed by atoms with Gasteiger partial charge in [0.2, 0.25) is 11.1 Å². The summed E-state index contributed by atoms with van der Waals surface area (Å²) in [5, 5.41) is 15.5. The monoisotopic (exact) mass is 381 g/mol. The van der Waals surface area contributed by atoms with Gasteiger partial charge in [-0.25, -0.2) is 0 Å². The first-order valence-corrected chi connectivity index (χ1v) is 9.82. The van der Waals surface area contributed by atoms with Crippen molar-refractivity contribution in [3.8, 4) is 5.69 Å². The third-order valence-corrected chi connectivity index (χ3v) is 5.23. The topological polar surface area (TPSA) is 72.7 Å². The van der Waals surface area contributed by atoms with Gasteiger partial charge in [-0.2, -0.15) is 4.68 Å². The summed E-state index contributed by atoms with van der Waals surface area (Å²) in [5.41, 5.74) is 5.07. The Morgan fingerprint density at radius 3 is 2.59 bits per heavy atom. The summed E-state index contributed by atoms with van der Waals surface area (Å²) in [4.78, 5) is 12.5. The molecule has 27 heavy (non-hydrogen) atoms. The Morgan fingerprint density at radius 1 is 1.11 bits per heavy atom. The van der Waals surface area contributed by atoms with Crippen LogP contribution in [-0.4, -0.2) is 31.9 Å². The molecule has 0 saturated carbocycles. The van der Waals surface area contributed by atoms with Crippen molar-refractivity contribution in [2.45, 2.75) is 38.8 Å². The third kappa shape index (κ3) is 4.36. The van der Waals surface area contributed by atoms with Crippen LogP contribution in [0, 0.1) is 13.8 Å². The number of nitrogens with one attached hydrogen (secondary N) is 1. The first-order chi connectivity index (χ1) is 13.0. The van der Waals surface area contributed by atoms with Crippen molar-refractivity contribution >= 4 is 23.4 Å². The molecule has 0 aliphatic carbocycles. The lowest BCUT2D eigenvalue weighted by molar-refractivity contribution is -0.113. The van der Waals surface area contributed by atoms with E-state index in [2.05, 4.69) is 40.8 Å². The van der Waals surface area contributed by atoms with Crippen LogP contribution < -0.4 is 5.32 Å². The molecule has 3 rings (SSSR count). The summed E-state index contributed by atoms with van der Waals surface area (Å²) < 4.78 is 1.67. The number of hydrogen-bond acceptors (Lipinski definition) is 5. The highest BCUT2D eigenvalue weighted by molar-refractivity contribution is 7.99. The lowest BCUT2D eigenvalue weighted by Gasteiger charge is -2.16. The molecule has 0 spiro atoms. The van der Waals surface area contributed by atoms with Gasteiger partial charge in [0.25, 0.3) is 0 Å². The van der Waals surface area contributed by atoms with Gasteiger partial charge >= 0.3 is 0 Å². The number of carbonyl (C=O) groups excluding carboxylic acids is 1. The van der Waals surface area contributed by atoms with E-state index in [0.717, 1.165) is 28.1 Å². The fourth-order valence-electron chi connectivity index (χ4n) is 2.87. The van der Waals surface area contributed by atoms with E-state index in [1.165, 1.54) is 11.8 Å². The van der Waals surface area contributed by atoms with Gasteiger partial charge in [-0.05, 0) is 52.9 Å². The predicted octanol–water partition coefficient (Wildman–Crippen LogP) is 4.13. The quantitative estimate of drug-likeness (QED) is 0.650. The van der Waals surface area contributed by atoms with E-state index >= 15 is 0 Å². The number of amides is 1. The Balaban J connectivity index is 1.72. The molecule has 3 aromatic rings. The molecule has 0 saturated heterocycles. The van der Waals surface area contributed by atoms with Gasteiger partial charge in [-0.3, -0.25) is 4.79 Å². The zero-order chi connectivity index (χ0) is 19.4. The molecule has 1 N–H and O–H groups in total. The van der Waals surface area contributed by atoms with Gasteiger partial charge in [-0.1, -0.05) is 62.0 Å². The van der Waals surface area contributed by atoms with Gasteiger partial charge in [0.15, 0.2) is 0 Å². The van der Waals surface area contributed by atoms with E-state index in [4.69, 9.17) is 0 Å². The van der Waals surface area contributed by atoms with Crippen LogP contribution in [0.4, 0.5) is 5.69 Å². The summed E-state index contributed by atoms with van der Waals surface area (Å²) in [6, 6.07) is 14.0. The van der Waals surface area contributed by atoms with Crippen molar-refractivity contribution in [1.82, 2.24) is 20.2 Å². The second kappa shape index (κ2) is 8.35. The highest BCUT2D eigenvalue weighted by Crippen LogP contribution is 2.28. The Morgan fingerprint density at radius 2 is 1.85 bits per heavy atom. The number of rotatable bonds is 6. The zero-order valence-corrected chi connectivity index (χ0v) is 16.7. The van der Waals surface area contributed by atoms with E-state index < -0.39 is 0 Å². The molecular weight excluding hydrogens is 358 g/mol. The first-order valence-electron chi connectivity index (χ1n) is 8.84. The molecule has 2 aromatic carbocycles. The van der Waals surface area contributed by atoms with Crippen LogP contribution in [0.25, 0.3) is 5.69 Å². The van der Waals surface area contributed by atoms with Gasteiger partial charge in [0.05, 0.1) is 11.4 Å². The Bertz CT molecular complexity index is 951. The molecule has 0 unspecified atom stereocenters. The lowest BCUT2D eigenvalue weighted by Crippen LogP contribution is -2.17. The van der Waals surface area contributed by atoms with Crippen molar-refractivity contribution in [2.75, 3.05) is 11.1 Å². The molecule has 1 aromatic heterocycles. The van der Waals surface area contributed by atoms with Crippen molar-refractivity contribution in [1.29, 1.82) is 0 Å². The predicted molar refractivity (Wildman–Crippen MR) is 109 cm³/mol. The number of aryl methyl sites for hydroxylation is 2. The second-order valence-corrected chi connectivity index (χ2v) is 7.63. The minimum atomic E-state index is -0.0736. The van der Waals surface area contributed by atoms with E-state index in [0.29, 0.717) is 11.1 Å². The summed E-state index contributed by atoms with van der Waals surface area (Å²) in [5.74, 6) is 0.495. The van der Waals surface area contributed by atoms with E-state index in [9.17, 15) is 4.79 Å². The van der Waals surface area contributed by atoms with E-state index in [1.807, 2.05) is 50.2 Å². The largest absolute Gasteiger partial charge is 0.325 e. The third-order valence-electron chi connectivity index (χ3n) is 4.31. The normalized spacial score (nSPS) is 11.0. The van der Waals surface area contributed by atoms with Gasteiger partial charge in [-0.15, -0.1) is 5.10 Å². The van der Waals surface area contributed by atoms with E-state index in [1.54, 1.807) is 4.68 Å². The maximum Gasteiger partial charge on any atom is 0.234 e. The smallest absolute Gasteiger partial charge is 0.234 e. The van der Waals surface area contributed by atoms with Gasteiger partial charge in [0.1, 0.15) is 0 Å². The van der Waals surface area contributed by atoms with Crippen LogP contribution in [0.3, 0.4) is 0 Å². The molecule has 7 heteroatoms. The average Bonchev–Trinajstić information content (AvgIpc) is 3.10. The highest BCUT2D eigenvalue weighted by atomic mass is 32.2. The minimum absolute atomic E-state index is 0.0736. The van der Waals surface area contributed by atoms with Crippen LogP contribution in [0.5, 0.6) is 0 Å². The Hall–Kier alpha value is -2.67. The zero-order valence-electron chi connectivity index (χ0n) is 15.9. The van der Waals surface area contributed by atoms with Gasteiger partial charge in [0, 0.05) is 5.69 Å². The van der Waals surface area contributed by atoms with Gasteiger partial charge < -0.3 is 5.32 Å². The molecule has 6 nitrogen and oxygen atoms in total. The summed E-state index contributed by atoms with van der Waals surface area (Å²) in [6.07, 6.45) is 0. The molecule has 0 aliphatic heterocycles. The second-order valence-electron chi connectivity index (χ2n) is 6.69. The van der Waals surface area contributed by atoms with Crippen molar-refractivity contribution in [3.05, 3.63) is 59.2 Å². The van der Waals surface area contributed by atoms with E-state index in [-0.39, 0.29) is 11.7 Å². The molecule has 1 amide bonds. The molecule has 140 valence electrons. The molecule has 0 radical (unpaired) electrons. The van der Waals surface area contributed by atoms with Crippen molar-refractivity contribution in [3.63, 3.8) is 0 Å². The summed E-state index contributed by atoms with van der Waals surface area (Å²) in [6.45, 7) is 8.25. The minimum Gasteiger partial charge on any atom is -0.325 e. The molecule has 0 fully saturated rings. The summed E-state index contributed by atoms with van der Waals surface area (Å²) >= 11 is 1.32. The molecule has 0 bridgehead atoms. The van der Waals surface area contributed by atoms with Crippen LogP contribution in [0.2, 0.25) is 0 Å². The number of aromatic nitrogens is 4. The van der Waals surface area contributed by atoms with Crippen molar-refractivity contribution < 1.29 is 4.79 Å². The number of nitrogens with zero attached hydrogens (tertiary/aromatic N) is 4.